The minimum Gasteiger partial charge on any atom is -1.00 e. The highest BCUT2D eigenvalue weighted by molar-refractivity contribution is 4.55. The molecule has 0 unspecified atom stereocenters. The summed E-state index contributed by atoms with van der Waals surface area (Å²) in [6.07, 6.45) is 7.12. The highest BCUT2D eigenvalue weighted by Gasteiger charge is 1.89. The van der Waals surface area contributed by atoms with E-state index in [1.54, 1.807) is 6.92 Å². The van der Waals surface area contributed by atoms with Gasteiger partial charge >= 0.3 is 0 Å². The van der Waals surface area contributed by atoms with E-state index in [0.29, 0.717) is 0 Å². The van der Waals surface area contributed by atoms with Crippen molar-refractivity contribution in [1.29, 1.82) is 0 Å². The Morgan fingerprint density at radius 3 is 2.33 bits per heavy atom. The van der Waals surface area contributed by atoms with Crippen LogP contribution in [0.3, 0.4) is 0 Å². The number of aliphatic hydroxyl groups excluding tert-OH is 1. The lowest BCUT2D eigenvalue weighted by Crippen LogP contribution is -3.00. The lowest BCUT2D eigenvalue weighted by molar-refractivity contribution is -0.695. The van der Waals surface area contributed by atoms with Crippen LogP contribution in [0, 0.1) is 0 Å². The van der Waals surface area contributed by atoms with E-state index >= 15 is 0 Å². The van der Waals surface area contributed by atoms with Crippen molar-refractivity contribution in [2.45, 2.75) is 26.8 Å². The van der Waals surface area contributed by atoms with Crippen molar-refractivity contribution < 1.29 is 22.1 Å². The maximum atomic E-state index is 7.57. The Bertz CT molecular complexity index is 154. The van der Waals surface area contributed by atoms with Gasteiger partial charge in [0.2, 0.25) is 6.33 Å². The van der Waals surface area contributed by atoms with Gasteiger partial charge in [-0.15, -0.1) is 0 Å². The number of rotatable bonds is 2. The van der Waals surface area contributed by atoms with Crippen molar-refractivity contribution in [2.75, 3.05) is 6.61 Å². The molecule has 0 aliphatic heterocycles. The summed E-state index contributed by atoms with van der Waals surface area (Å²) in [5.74, 6) is 0. The number of aromatic amines is 1. The van der Waals surface area contributed by atoms with Crippen molar-refractivity contribution in [1.82, 2.24) is 4.98 Å². The number of aryl methyl sites for hydroxylation is 1. The van der Waals surface area contributed by atoms with Crippen LogP contribution in [-0.2, 0) is 6.54 Å². The topological polar surface area (TPSA) is 39.9 Å². The number of nitrogens with zero attached hydrogens (tertiary/aromatic N) is 1. The molecule has 1 heterocycles. The molecule has 0 saturated heterocycles. The Labute approximate surface area is 79.8 Å². The monoisotopic (exact) mass is 192 g/mol. The average molecular weight is 193 g/mol. The molecule has 0 aliphatic rings. The Kier molecular flexibility index (Phi) is 12.2. The van der Waals surface area contributed by atoms with Gasteiger partial charge in [-0.25, -0.2) is 4.57 Å². The number of nitrogens with one attached hydrogen (secondary N) is 1. The Morgan fingerprint density at radius 1 is 1.42 bits per heavy atom. The zero-order chi connectivity index (χ0) is 8.53. The predicted octanol–water partition coefficient (Wildman–Crippen LogP) is -2.29. The fourth-order valence-electron chi connectivity index (χ4n) is 0.718. The van der Waals surface area contributed by atoms with Crippen LogP contribution >= 0.6 is 0 Å². The van der Waals surface area contributed by atoms with Crippen molar-refractivity contribution in [3.63, 3.8) is 0 Å². The number of aliphatic hydroxyl groups is 1. The molecule has 0 spiro atoms. The summed E-state index contributed by atoms with van der Waals surface area (Å²) in [4.78, 5) is 2.98. The molecule has 2 N–H and O–H groups in total. The van der Waals surface area contributed by atoms with E-state index in [2.05, 4.69) is 16.5 Å². The molecule has 3 nitrogen and oxygen atoms in total. The second-order valence-corrected chi connectivity index (χ2v) is 2.17. The van der Waals surface area contributed by atoms with Crippen molar-refractivity contribution in [3.05, 3.63) is 18.7 Å². The van der Waals surface area contributed by atoms with Crippen LogP contribution < -0.4 is 17.0 Å². The summed E-state index contributed by atoms with van der Waals surface area (Å²) in [6.45, 7) is 5.21. The summed E-state index contributed by atoms with van der Waals surface area (Å²) in [5.41, 5.74) is 0. The van der Waals surface area contributed by atoms with Gasteiger partial charge in [0.25, 0.3) is 0 Å². The molecule has 12 heavy (non-hydrogen) atoms. The van der Waals surface area contributed by atoms with Crippen LogP contribution in [0.2, 0.25) is 0 Å². The van der Waals surface area contributed by atoms with Crippen molar-refractivity contribution in [3.8, 4) is 0 Å². The molecule has 72 valence electrons. The Hall–Kier alpha value is -0.540. The summed E-state index contributed by atoms with van der Waals surface area (Å²) < 4.78 is 2.12. The number of aromatic nitrogens is 2. The van der Waals surface area contributed by atoms with Crippen LogP contribution in [0.5, 0.6) is 0 Å². The summed E-state index contributed by atoms with van der Waals surface area (Å²) in [5, 5.41) is 7.57. The summed E-state index contributed by atoms with van der Waals surface area (Å²) in [7, 11) is 0. The molecule has 0 aromatic carbocycles. The largest absolute Gasteiger partial charge is 1.00 e. The number of halogens is 1. The SMILES string of the molecule is CCC[n+]1cc[nH]c1.CCO.[Cl-]. The molecule has 1 rings (SSSR count). The molecular weight excluding hydrogens is 176 g/mol. The van der Waals surface area contributed by atoms with Crippen LogP contribution in [0.15, 0.2) is 18.7 Å². The smallest absolute Gasteiger partial charge is 0.241 e. The molecule has 0 aliphatic carbocycles. The standard InChI is InChI=1S/C6H10N2.C2H6O.ClH/c1-2-4-8-5-3-7-6-8;1-2-3;/h3,5-6H,2,4H2,1H3;3H,2H2,1H3;1H. The van der Waals surface area contributed by atoms with Gasteiger partial charge in [0.05, 0.1) is 6.54 Å². The van der Waals surface area contributed by atoms with E-state index in [9.17, 15) is 0 Å². The first-order chi connectivity index (χ1) is 5.35. The minimum absolute atomic E-state index is 0. The van der Waals surface area contributed by atoms with Gasteiger partial charge in [0.1, 0.15) is 12.4 Å². The molecular formula is C8H17ClN2O. The normalized spacial score (nSPS) is 7.92. The fraction of sp³-hybridized carbons (Fsp3) is 0.625. The zero-order valence-electron chi connectivity index (χ0n) is 7.63. The average Bonchev–Trinajstić information content (AvgIpc) is 2.42. The van der Waals surface area contributed by atoms with Gasteiger partial charge in [0.15, 0.2) is 0 Å². The van der Waals surface area contributed by atoms with Gasteiger partial charge in [-0.1, -0.05) is 6.92 Å². The molecule has 0 fully saturated rings. The number of H-pyrrole nitrogens is 1. The molecule has 0 bridgehead atoms. The molecule has 1 aromatic heterocycles. The first-order valence-corrected chi connectivity index (χ1v) is 3.97. The van der Waals surface area contributed by atoms with E-state index in [-0.39, 0.29) is 19.0 Å². The second-order valence-electron chi connectivity index (χ2n) is 2.17. The summed E-state index contributed by atoms with van der Waals surface area (Å²) in [6, 6.07) is 0. The van der Waals surface area contributed by atoms with E-state index in [1.807, 2.05) is 18.7 Å². The van der Waals surface area contributed by atoms with Gasteiger partial charge in [-0.3, -0.25) is 4.98 Å². The molecule has 4 heteroatoms. The highest BCUT2D eigenvalue weighted by atomic mass is 35.5. The maximum Gasteiger partial charge on any atom is 0.241 e. The van der Waals surface area contributed by atoms with E-state index in [0.717, 1.165) is 6.54 Å². The third kappa shape index (κ3) is 7.57. The van der Waals surface area contributed by atoms with Crippen LogP contribution in [-0.4, -0.2) is 16.7 Å². The minimum atomic E-state index is 0. The number of hydrogen-bond acceptors (Lipinski definition) is 1. The first kappa shape index (κ1) is 14.0. The van der Waals surface area contributed by atoms with Gasteiger partial charge in [-0.2, -0.15) is 0 Å². The predicted molar refractivity (Wildman–Crippen MR) is 44.0 cm³/mol. The van der Waals surface area contributed by atoms with E-state index < -0.39 is 0 Å². The van der Waals surface area contributed by atoms with E-state index in [1.165, 1.54) is 6.42 Å². The third-order valence-corrected chi connectivity index (χ3v) is 1.08. The van der Waals surface area contributed by atoms with Gasteiger partial charge in [-0.05, 0) is 13.3 Å². The number of imidazole rings is 1. The van der Waals surface area contributed by atoms with Gasteiger partial charge < -0.3 is 17.5 Å². The van der Waals surface area contributed by atoms with Crippen LogP contribution in [0.4, 0.5) is 0 Å². The van der Waals surface area contributed by atoms with Crippen LogP contribution in [0.25, 0.3) is 0 Å². The highest BCUT2D eigenvalue weighted by Crippen LogP contribution is 1.74. The molecule has 0 atom stereocenters. The zero-order valence-corrected chi connectivity index (χ0v) is 8.38. The van der Waals surface area contributed by atoms with Crippen LogP contribution in [0.1, 0.15) is 20.3 Å². The molecule has 0 saturated carbocycles. The summed E-state index contributed by atoms with van der Waals surface area (Å²) >= 11 is 0. The third-order valence-electron chi connectivity index (χ3n) is 1.08. The van der Waals surface area contributed by atoms with E-state index in [4.69, 9.17) is 5.11 Å². The second kappa shape index (κ2) is 10.5. The Morgan fingerprint density at radius 2 is 2.00 bits per heavy atom. The lowest BCUT2D eigenvalue weighted by Gasteiger charge is -1.85. The number of hydrogen-bond donors (Lipinski definition) is 2. The lowest BCUT2D eigenvalue weighted by atomic mass is 10.5. The van der Waals surface area contributed by atoms with Gasteiger partial charge in [0, 0.05) is 6.61 Å². The first-order valence-electron chi connectivity index (χ1n) is 3.97. The fourth-order valence-corrected chi connectivity index (χ4v) is 0.718. The maximum absolute atomic E-state index is 7.57. The quantitative estimate of drug-likeness (QED) is 0.510. The molecule has 1 aromatic rings. The van der Waals surface area contributed by atoms with Crippen molar-refractivity contribution >= 4 is 0 Å². The van der Waals surface area contributed by atoms with Crippen molar-refractivity contribution in [2.24, 2.45) is 0 Å². The Balaban J connectivity index is 0. The molecule has 0 amide bonds. The molecule has 0 radical (unpaired) electrons.